The van der Waals surface area contributed by atoms with Crippen LogP contribution in [0.25, 0.3) is 0 Å². The zero-order valence-corrected chi connectivity index (χ0v) is 12.3. The SMILES string of the molecule is CN1CCCC2CN(C(CN)C3CCOC3)CCC21. The number of piperidine rings is 2. The Morgan fingerprint density at radius 2 is 2.16 bits per heavy atom. The van der Waals surface area contributed by atoms with E-state index < -0.39 is 0 Å². The predicted octanol–water partition coefficient (Wildman–Crippen LogP) is 0.766. The van der Waals surface area contributed by atoms with Crippen LogP contribution >= 0.6 is 0 Å². The summed E-state index contributed by atoms with van der Waals surface area (Å²) in [6.07, 6.45) is 5.30. The zero-order valence-electron chi connectivity index (χ0n) is 12.3. The second kappa shape index (κ2) is 6.08. The Labute approximate surface area is 117 Å². The molecular weight excluding hydrogens is 238 g/mol. The Balaban J connectivity index is 1.62. The number of fused-ring (bicyclic) bond motifs is 1. The molecule has 110 valence electrons. The molecule has 3 fully saturated rings. The van der Waals surface area contributed by atoms with E-state index in [-0.39, 0.29) is 0 Å². The van der Waals surface area contributed by atoms with Gasteiger partial charge in [-0.25, -0.2) is 0 Å². The topological polar surface area (TPSA) is 41.7 Å². The van der Waals surface area contributed by atoms with Crippen molar-refractivity contribution < 1.29 is 4.74 Å². The summed E-state index contributed by atoms with van der Waals surface area (Å²) in [6.45, 7) is 6.42. The average molecular weight is 267 g/mol. The van der Waals surface area contributed by atoms with Crippen LogP contribution in [0, 0.1) is 11.8 Å². The largest absolute Gasteiger partial charge is 0.381 e. The average Bonchev–Trinajstić information content (AvgIpc) is 2.94. The Kier molecular flexibility index (Phi) is 4.42. The maximum atomic E-state index is 6.07. The summed E-state index contributed by atoms with van der Waals surface area (Å²) in [5.41, 5.74) is 6.07. The third kappa shape index (κ3) is 2.82. The van der Waals surface area contributed by atoms with E-state index in [9.17, 15) is 0 Å². The van der Waals surface area contributed by atoms with Gasteiger partial charge in [0.05, 0.1) is 6.61 Å². The Hall–Kier alpha value is -0.160. The molecule has 0 aromatic carbocycles. The third-order valence-corrected chi connectivity index (χ3v) is 5.60. The first-order valence-corrected chi connectivity index (χ1v) is 8.01. The molecule has 0 spiro atoms. The number of likely N-dealkylation sites (tertiary alicyclic amines) is 2. The van der Waals surface area contributed by atoms with Crippen LogP contribution in [0.15, 0.2) is 0 Å². The summed E-state index contributed by atoms with van der Waals surface area (Å²) in [5.74, 6) is 1.53. The van der Waals surface area contributed by atoms with E-state index in [1.54, 1.807) is 0 Å². The fourth-order valence-corrected chi connectivity index (χ4v) is 4.48. The smallest absolute Gasteiger partial charge is 0.0510 e. The van der Waals surface area contributed by atoms with Crippen molar-refractivity contribution in [3.63, 3.8) is 0 Å². The van der Waals surface area contributed by atoms with Crippen LogP contribution in [0.1, 0.15) is 25.7 Å². The summed E-state index contributed by atoms with van der Waals surface area (Å²) in [6, 6.07) is 1.37. The van der Waals surface area contributed by atoms with E-state index in [4.69, 9.17) is 10.5 Å². The highest BCUT2D eigenvalue weighted by atomic mass is 16.5. The first-order chi connectivity index (χ1) is 9.29. The molecule has 0 radical (unpaired) electrons. The van der Waals surface area contributed by atoms with Crippen LogP contribution in [0.4, 0.5) is 0 Å². The lowest BCUT2D eigenvalue weighted by Gasteiger charge is -2.48. The minimum absolute atomic E-state index is 0.552. The molecule has 19 heavy (non-hydrogen) atoms. The van der Waals surface area contributed by atoms with Gasteiger partial charge in [-0.05, 0) is 45.2 Å². The normalized spacial score (nSPS) is 39.2. The lowest BCUT2D eigenvalue weighted by atomic mass is 9.82. The van der Waals surface area contributed by atoms with Crippen molar-refractivity contribution in [3.8, 4) is 0 Å². The van der Waals surface area contributed by atoms with Gasteiger partial charge in [-0.2, -0.15) is 0 Å². The molecule has 2 N–H and O–H groups in total. The number of rotatable bonds is 3. The molecule has 4 unspecified atom stereocenters. The van der Waals surface area contributed by atoms with E-state index >= 15 is 0 Å². The first kappa shape index (κ1) is 13.8. The highest BCUT2D eigenvalue weighted by Crippen LogP contribution is 2.32. The van der Waals surface area contributed by atoms with Gasteiger partial charge in [0.15, 0.2) is 0 Å². The Bertz CT molecular complexity index is 293. The lowest BCUT2D eigenvalue weighted by molar-refractivity contribution is 0.00779. The van der Waals surface area contributed by atoms with Crippen LogP contribution < -0.4 is 5.73 Å². The molecule has 3 heterocycles. The number of hydrogen-bond acceptors (Lipinski definition) is 4. The van der Waals surface area contributed by atoms with Crippen LogP contribution in [-0.2, 0) is 4.74 Å². The number of nitrogens with zero attached hydrogens (tertiary/aromatic N) is 2. The minimum Gasteiger partial charge on any atom is -0.381 e. The molecule has 0 aromatic heterocycles. The molecule has 0 amide bonds. The van der Waals surface area contributed by atoms with Gasteiger partial charge in [0.25, 0.3) is 0 Å². The molecule has 0 aliphatic carbocycles. The molecule has 3 rings (SSSR count). The monoisotopic (exact) mass is 267 g/mol. The maximum absolute atomic E-state index is 6.07. The van der Waals surface area contributed by atoms with E-state index in [1.165, 1.54) is 45.3 Å². The number of ether oxygens (including phenoxy) is 1. The first-order valence-electron chi connectivity index (χ1n) is 8.01. The van der Waals surface area contributed by atoms with Gasteiger partial charge in [-0.1, -0.05) is 0 Å². The molecule has 3 aliphatic heterocycles. The molecule has 4 nitrogen and oxygen atoms in total. The van der Waals surface area contributed by atoms with Crippen molar-refractivity contribution in [2.24, 2.45) is 17.6 Å². The molecule has 4 heteroatoms. The van der Waals surface area contributed by atoms with Crippen molar-refractivity contribution in [1.29, 1.82) is 0 Å². The Morgan fingerprint density at radius 1 is 1.26 bits per heavy atom. The quantitative estimate of drug-likeness (QED) is 0.820. The van der Waals surface area contributed by atoms with E-state index in [0.717, 1.165) is 31.7 Å². The van der Waals surface area contributed by atoms with Crippen molar-refractivity contribution in [3.05, 3.63) is 0 Å². The van der Waals surface area contributed by atoms with Crippen LogP contribution in [0.3, 0.4) is 0 Å². The molecule has 3 saturated heterocycles. The van der Waals surface area contributed by atoms with Crippen molar-refractivity contribution >= 4 is 0 Å². The molecule has 3 aliphatic rings. The summed E-state index contributed by atoms with van der Waals surface area (Å²) in [5, 5.41) is 0. The molecule has 0 bridgehead atoms. The van der Waals surface area contributed by atoms with E-state index in [1.807, 2.05) is 0 Å². The standard InChI is InChI=1S/C15H29N3O/c1-17-6-2-3-12-10-18(7-4-14(12)17)15(9-16)13-5-8-19-11-13/h12-15H,2-11,16H2,1H3. The third-order valence-electron chi connectivity index (χ3n) is 5.60. The fourth-order valence-electron chi connectivity index (χ4n) is 4.48. The summed E-state index contributed by atoms with van der Waals surface area (Å²) in [4.78, 5) is 5.27. The number of hydrogen-bond donors (Lipinski definition) is 1. The van der Waals surface area contributed by atoms with Crippen LogP contribution in [0.2, 0.25) is 0 Å². The summed E-state index contributed by atoms with van der Waals surface area (Å²) in [7, 11) is 2.30. The highest BCUT2D eigenvalue weighted by molar-refractivity contribution is 4.93. The van der Waals surface area contributed by atoms with Gasteiger partial charge >= 0.3 is 0 Å². The van der Waals surface area contributed by atoms with Crippen molar-refractivity contribution in [2.45, 2.75) is 37.8 Å². The van der Waals surface area contributed by atoms with Gasteiger partial charge in [-0.15, -0.1) is 0 Å². The molecular formula is C15H29N3O. The molecule has 0 aromatic rings. The van der Waals surface area contributed by atoms with E-state index in [0.29, 0.717) is 12.0 Å². The van der Waals surface area contributed by atoms with Gasteiger partial charge in [0.1, 0.15) is 0 Å². The van der Waals surface area contributed by atoms with Crippen LogP contribution in [0.5, 0.6) is 0 Å². The van der Waals surface area contributed by atoms with Crippen LogP contribution in [-0.4, -0.2) is 68.3 Å². The van der Waals surface area contributed by atoms with Gasteiger partial charge < -0.3 is 15.4 Å². The van der Waals surface area contributed by atoms with Crippen molar-refractivity contribution in [2.75, 3.05) is 46.4 Å². The predicted molar refractivity (Wildman–Crippen MR) is 77.1 cm³/mol. The summed E-state index contributed by atoms with van der Waals surface area (Å²) >= 11 is 0. The highest BCUT2D eigenvalue weighted by Gasteiger charge is 2.38. The van der Waals surface area contributed by atoms with E-state index in [2.05, 4.69) is 16.8 Å². The molecule has 0 saturated carbocycles. The minimum atomic E-state index is 0.552. The van der Waals surface area contributed by atoms with Crippen molar-refractivity contribution in [1.82, 2.24) is 9.80 Å². The second-order valence-corrected chi connectivity index (χ2v) is 6.66. The number of nitrogens with two attached hydrogens (primary N) is 1. The van der Waals surface area contributed by atoms with Gasteiger partial charge in [0, 0.05) is 44.2 Å². The fraction of sp³-hybridized carbons (Fsp3) is 1.00. The second-order valence-electron chi connectivity index (χ2n) is 6.66. The lowest BCUT2D eigenvalue weighted by Crippen LogP contribution is -2.57. The Morgan fingerprint density at radius 3 is 2.89 bits per heavy atom. The van der Waals surface area contributed by atoms with Gasteiger partial charge in [0.2, 0.25) is 0 Å². The molecule has 4 atom stereocenters. The zero-order chi connectivity index (χ0) is 13.2. The summed E-state index contributed by atoms with van der Waals surface area (Å²) < 4.78 is 5.56. The van der Waals surface area contributed by atoms with Gasteiger partial charge in [-0.3, -0.25) is 4.90 Å². The maximum Gasteiger partial charge on any atom is 0.0510 e.